The van der Waals surface area contributed by atoms with Crippen LogP contribution in [0, 0.1) is 11.6 Å². The molecule has 94 valence electrons. The van der Waals surface area contributed by atoms with Crippen molar-refractivity contribution in [3.05, 3.63) is 35.5 Å². The van der Waals surface area contributed by atoms with E-state index in [4.69, 9.17) is 14.4 Å². The molecule has 0 saturated carbocycles. The molecule has 2 rings (SSSR count). The minimum absolute atomic E-state index is 0.111. The standard InChI is InChI=1S/C11H7F2NO4/c1-17-8-3-5(12)2-6(13)10(8)9-4-7(11(15)16)14-18-9/h2-4H,1H3,(H,15,16). The molecule has 18 heavy (non-hydrogen) atoms. The second kappa shape index (κ2) is 4.44. The number of benzene rings is 1. The Morgan fingerprint density at radius 3 is 2.67 bits per heavy atom. The van der Waals surface area contributed by atoms with Crippen LogP contribution < -0.4 is 4.74 Å². The number of carboxylic acid groups (broad SMARTS) is 1. The third kappa shape index (κ3) is 2.02. The zero-order chi connectivity index (χ0) is 13.3. The molecule has 0 saturated heterocycles. The lowest BCUT2D eigenvalue weighted by Crippen LogP contribution is -1.95. The Balaban J connectivity index is 2.58. The maximum absolute atomic E-state index is 13.6. The van der Waals surface area contributed by atoms with E-state index in [-0.39, 0.29) is 22.8 Å². The molecule has 7 heteroatoms. The molecule has 0 fully saturated rings. The second-order valence-electron chi connectivity index (χ2n) is 3.35. The molecular formula is C11H7F2NO4. The van der Waals surface area contributed by atoms with Gasteiger partial charge >= 0.3 is 5.97 Å². The highest BCUT2D eigenvalue weighted by molar-refractivity contribution is 5.86. The number of hydrogen-bond donors (Lipinski definition) is 1. The van der Waals surface area contributed by atoms with Gasteiger partial charge in [-0.1, -0.05) is 5.16 Å². The minimum atomic E-state index is -1.31. The molecule has 0 aliphatic heterocycles. The van der Waals surface area contributed by atoms with Crippen LogP contribution in [0.4, 0.5) is 8.78 Å². The van der Waals surface area contributed by atoms with Crippen molar-refractivity contribution in [3.8, 4) is 17.1 Å². The smallest absolute Gasteiger partial charge is 0.358 e. The third-order valence-electron chi connectivity index (χ3n) is 2.21. The number of hydrogen-bond acceptors (Lipinski definition) is 4. The summed E-state index contributed by atoms with van der Waals surface area (Å²) >= 11 is 0. The highest BCUT2D eigenvalue weighted by Gasteiger charge is 2.20. The number of nitrogens with zero attached hydrogens (tertiary/aromatic N) is 1. The number of carbonyl (C=O) groups is 1. The summed E-state index contributed by atoms with van der Waals surface area (Å²) in [6.07, 6.45) is 0. The second-order valence-corrected chi connectivity index (χ2v) is 3.35. The van der Waals surface area contributed by atoms with Gasteiger partial charge in [0.15, 0.2) is 11.5 Å². The van der Waals surface area contributed by atoms with Crippen LogP contribution in [0.5, 0.6) is 5.75 Å². The Bertz CT molecular complexity index is 609. The normalized spacial score (nSPS) is 10.4. The van der Waals surface area contributed by atoms with Crippen LogP contribution in [0.25, 0.3) is 11.3 Å². The first-order chi connectivity index (χ1) is 8.52. The fourth-order valence-corrected chi connectivity index (χ4v) is 1.44. The summed E-state index contributed by atoms with van der Waals surface area (Å²) in [4.78, 5) is 10.6. The maximum Gasteiger partial charge on any atom is 0.358 e. The third-order valence-corrected chi connectivity index (χ3v) is 2.21. The molecule has 0 bridgehead atoms. The Kier molecular flexibility index (Phi) is 2.97. The van der Waals surface area contributed by atoms with Gasteiger partial charge in [0.25, 0.3) is 0 Å². The van der Waals surface area contributed by atoms with E-state index in [1.807, 2.05) is 0 Å². The lowest BCUT2D eigenvalue weighted by molar-refractivity contribution is 0.0686. The van der Waals surface area contributed by atoms with Gasteiger partial charge in [-0.2, -0.15) is 0 Å². The molecule has 0 atom stereocenters. The van der Waals surface area contributed by atoms with Gasteiger partial charge in [-0.25, -0.2) is 13.6 Å². The highest BCUT2D eigenvalue weighted by Crippen LogP contribution is 2.33. The van der Waals surface area contributed by atoms with E-state index in [0.29, 0.717) is 6.07 Å². The van der Waals surface area contributed by atoms with Gasteiger partial charge in [0.05, 0.1) is 12.7 Å². The molecule has 2 aromatic rings. The fraction of sp³-hybridized carbons (Fsp3) is 0.0909. The number of aromatic carboxylic acids is 1. The van der Waals surface area contributed by atoms with Crippen molar-refractivity contribution in [3.63, 3.8) is 0 Å². The molecule has 0 amide bonds. The van der Waals surface area contributed by atoms with E-state index in [2.05, 4.69) is 5.16 Å². The number of ether oxygens (including phenoxy) is 1. The van der Waals surface area contributed by atoms with Crippen molar-refractivity contribution >= 4 is 5.97 Å². The predicted octanol–water partition coefficient (Wildman–Crippen LogP) is 2.33. The van der Waals surface area contributed by atoms with Gasteiger partial charge in [-0.3, -0.25) is 0 Å². The van der Waals surface area contributed by atoms with Crippen molar-refractivity contribution in [1.29, 1.82) is 0 Å². The predicted molar refractivity (Wildman–Crippen MR) is 55.4 cm³/mol. The maximum atomic E-state index is 13.6. The number of carboxylic acids is 1. The minimum Gasteiger partial charge on any atom is -0.496 e. The van der Waals surface area contributed by atoms with E-state index in [1.54, 1.807) is 0 Å². The van der Waals surface area contributed by atoms with Crippen LogP contribution in [-0.2, 0) is 0 Å². The van der Waals surface area contributed by atoms with E-state index >= 15 is 0 Å². The van der Waals surface area contributed by atoms with Crippen LogP contribution in [0.3, 0.4) is 0 Å². The van der Waals surface area contributed by atoms with Gasteiger partial charge in [-0.15, -0.1) is 0 Å². The van der Waals surface area contributed by atoms with Gasteiger partial charge in [0.1, 0.15) is 17.4 Å². The lowest BCUT2D eigenvalue weighted by Gasteiger charge is -2.06. The van der Waals surface area contributed by atoms with Crippen LogP contribution in [0.1, 0.15) is 10.5 Å². The van der Waals surface area contributed by atoms with Crippen LogP contribution in [0.2, 0.25) is 0 Å². The number of rotatable bonds is 3. The molecule has 0 radical (unpaired) electrons. The van der Waals surface area contributed by atoms with Gasteiger partial charge in [0.2, 0.25) is 0 Å². The Labute approximate surface area is 99.6 Å². The van der Waals surface area contributed by atoms with Crippen LogP contribution in [-0.4, -0.2) is 23.3 Å². The van der Waals surface area contributed by atoms with Crippen LogP contribution >= 0.6 is 0 Å². The fourth-order valence-electron chi connectivity index (χ4n) is 1.44. The highest BCUT2D eigenvalue weighted by atomic mass is 19.1. The van der Waals surface area contributed by atoms with Gasteiger partial charge in [-0.05, 0) is 0 Å². The number of methoxy groups -OCH3 is 1. The molecule has 0 unspecified atom stereocenters. The van der Waals surface area contributed by atoms with Crippen LogP contribution in [0.15, 0.2) is 22.7 Å². The average Bonchev–Trinajstić information content (AvgIpc) is 2.77. The van der Waals surface area contributed by atoms with Gasteiger partial charge in [0, 0.05) is 18.2 Å². The Morgan fingerprint density at radius 2 is 2.11 bits per heavy atom. The van der Waals surface area contributed by atoms with Crippen molar-refractivity contribution in [1.82, 2.24) is 5.16 Å². The van der Waals surface area contributed by atoms with E-state index < -0.39 is 17.6 Å². The first kappa shape index (κ1) is 12.0. The van der Waals surface area contributed by atoms with E-state index in [0.717, 1.165) is 12.1 Å². The number of aromatic nitrogens is 1. The topological polar surface area (TPSA) is 72.6 Å². The van der Waals surface area contributed by atoms with E-state index in [1.165, 1.54) is 7.11 Å². The van der Waals surface area contributed by atoms with Gasteiger partial charge < -0.3 is 14.4 Å². The summed E-state index contributed by atoms with van der Waals surface area (Å²) in [7, 11) is 1.23. The quantitative estimate of drug-likeness (QED) is 0.911. The van der Waals surface area contributed by atoms with Crippen molar-refractivity contribution in [2.75, 3.05) is 7.11 Å². The summed E-state index contributed by atoms with van der Waals surface area (Å²) < 4.78 is 36.1. The number of halogens is 2. The molecule has 0 aliphatic rings. The largest absolute Gasteiger partial charge is 0.496 e. The molecule has 0 spiro atoms. The zero-order valence-corrected chi connectivity index (χ0v) is 9.11. The first-order valence-electron chi connectivity index (χ1n) is 4.76. The summed E-state index contributed by atoms with van der Waals surface area (Å²) in [6, 6.07) is 2.63. The monoisotopic (exact) mass is 255 g/mol. The molecule has 5 nitrogen and oxygen atoms in total. The first-order valence-corrected chi connectivity index (χ1v) is 4.76. The Hall–Kier alpha value is -2.44. The summed E-state index contributed by atoms with van der Waals surface area (Å²) in [5.41, 5.74) is -0.560. The summed E-state index contributed by atoms with van der Waals surface area (Å²) in [5.74, 6) is -3.32. The summed E-state index contributed by atoms with van der Waals surface area (Å²) in [6.45, 7) is 0. The summed E-state index contributed by atoms with van der Waals surface area (Å²) in [5, 5.41) is 11.9. The molecule has 0 aliphatic carbocycles. The van der Waals surface area contributed by atoms with Crippen molar-refractivity contribution in [2.45, 2.75) is 0 Å². The molecular weight excluding hydrogens is 248 g/mol. The van der Waals surface area contributed by atoms with E-state index in [9.17, 15) is 13.6 Å². The van der Waals surface area contributed by atoms with Crippen molar-refractivity contribution < 1.29 is 27.9 Å². The Morgan fingerprint density at radius 1 is 1.39 bits per heavy atom. The molecule has 1 aromatic carbocycles. The molecule has 1 N–H and O–H groups in total. The van der Waals surface area contributed by atoms with Crippen molar-refractivity contribution in [2.24, 2.45) is 0 Å². The molecule has 1 aromatic heterocycles. The lowest BCUT2D eigenvalue weighted by atomic mass is 10.1. The average molecular weight is 255 g/mol. The zero-order valence-electron chi connectivity index (χ0n) is 9.11. The SMILES string of the molecule is COc1cc(F)cc(F)c1-c1cc(C(=O)O)no1. The molecule has 1 heterocycles.